The maximum absolute atomic E-state index is 13.0. The number of hydrogen-bond donors (Lipinski definition) is 0. The molecule has 7 heteroatoms. The first-order valence-corrected chi connectivity index (χ1v) is 10.9. The molecule has 0 bridgehead atoms. The maximum Gasteiger partial charge on any atom is 0.243 e. The Bertz CT molecular complexity index is 1040. The Kier molecular flexibility index (Phi) is 4.67. The van der Waals surface area contributed by atoms with Gasteiger partial charge in [-0.2, -0.15) is 4.31 Å². The first-order valence-electron chi connectivity index (χ1n) is 9.49. The van der Waals surface area contributed by atoms with Gasteiger partial charge in [-0.15, -0.1) is 0 Å². The van der Waals surface area contributed by atoms with Gasteiger partial charge in [0.25, 0.3) is 0 Å². The molecule has 2 aliphatic heterocycles. The number of hydrogen-bond acceptors (Lipinski definition) is 4. The van der Waals surface area contributed by atoms with Crippen molar-refractivity contribution >= 4 is 27.3 Å². The fourth-order valence-corrected chi connectivity index (χ4v) is 5.37. The van der Waals surface area contributed by atoms with E-state index in [0.29, 0.717) is 37.5 Å². The van der Waals surface area contributed by atoms with E-state index in [-0.39, 0.29) is 5.91 Å². The van der Waals surface area contributed by atoms with E-state index in [1.807, 2.05) is 32.0 Å². The molecule has 2 aliphatic rings. The van der Waals surface area contributed by atoms with Crippen molar-refractivity contribution in [1.82, 2.24) is 4.31 Å². The number of rotatable bonds is 3. The van der Waals surface area contributed by atoms with Crippen LogP contribution in [0.2, 0.25) is 0 Å². The highest BCUT2D eigenvalue weighted by molar-refractivity contribution is 7.89. The van der Waals surface area contributed by atoms with Crippen LogP contribution in [-0.4, -0.2) is 51.9 Å². The molecule has 0 aliphatic carbocycles. The van der Waals surface area contributed by atoms with E-state index in [0.717, 1.165) is 28.1 Å². The third-order valence-electron chi connectivity index (χ3n) is 5.86. The van der Waals surface area contributed by atoms with Crippen molar-refractivity contribution in [3.05, 3.63) is 53.1 Å². The summed E-state index contributed by atoms with van der Waals surface area (Å²) in [7, 11) is -1.68. The van der Waals surface area contributed by atoms with Crippen molar-refractivity contribution in [2.75, 3.05) is 43.0 Å². The zero-order chi connectivity index (χ0) is 20.1. The Labute approximate surface area is 166 Å². The molecule has 1 saturated heterocycles. The quantitative estimate of drug-likeness (QED) is 0.795. The number of benzene rings is 2. The summed E-state index contributed by atoms with van der Waals surface area (Å²) in [6.45, 7) is 6.07. The summed E-state index contributed by atoms with van der Waals surface area (Å²) in [6, 6.07) is 11.4. The molecule has 0 radical (unpaired) electrons. The molecule has 6 nitrogen and oxygen atoms in total. The van der Waals surface area contributed by atoms with Crippen molar-refractivity contribution in [2.45, 2.75) is 25.2 Å². The van der Waals surface area contributed by atoms with Crippen molar-refractivity contribution < 1.29 is 13.2 Å². The number of carbonyl (C=O) groups excluding carboxylic acids is 1. The number of carbonyl (C=O) groups is 1. The maximum atomic E-state index is 13.0. The van der Waals surface area contributed by atoms with Crippen LogP contribution in [0.4, 0.5) is 11.4 Å². The largest absolute Gasteiger partial charge is 0.369 e. The lowest BCUT2D eigenvalue weighted by atomic mass is 10.1. The Hall–Kier alpha value is -2.38. The van der Waals surface area contributed by atoms with Gasteiger partial charge in [0.1, 0.15) is 0 Å². The van der Waals surface area contributed by atoms with E-state index < -0.39 is 10.0 Å². The minimum atomic E-state index is -3.48. The second-order valence-electron chi connectivity index (χ2n) is 7.58. The van der Waals surface area contributed by atoms with Gasteiger partial charge in [0, 0.05) is 44.6 Å². The summed E-state index contributed by atoms with van der Waals surface area (Å²) in [5.74, 6) is 0.108. The summed E-state index contributed by atoms with van der Waals surface area (Å²) >= 11 is 0. The predicted molar refractivity (Wildman–Crippen MR) is 110 cm³/mol. The van der Waals surface area contributed by atoms with E-state index in [1.165, 1.54) is 0 Å². The van der Waals surface area contributed by atoms with Crippen LogP contribution in [0.15, 0.2) is 41.3 Å². The summed E-state index contributed by atoms with van der Waals surface area (Å²) < 4.78 is 27.5. The molecule has 1 fully saturated rings. The Morgan fingerprint density at radius 2 is 1.61 bits per heavy atom. The topological polar surface area (TPSA) is 60.9 Å². The SMILES string of the molecule is Cc1ccc(S(=O)(=O)N2CCN(c3ccc4c(c3)CC(=O)N4C)CC2)cc1C. The Morgan fingerprint density at radius 1 is 0.893 bits per heavy atom. The highest BCUT2D eigenvalue weighted by Gasteiger charge is 2.30. The molecule has 0 N–H and O–H groups in total. The number of aryl methyl sites for hydroxylation is 2. The number of anilines is 2. The Morgan fingerprint density at radius 3 is 2.29 bits per heavy atom. The second-order valence-corrected chi connectivity index (χ2v) is 9.52. The average Bonchev–Trinajstić information content (AvgIpc) is 2.97. The summed E-state index contributed by atoms with van der Waals surface area (Å²) in [6.07, 6.45) is 0.431. The van der Waals surface area contributed by atoms with Gasteiger partial charge in [-0.3, -0.25) is 4.79 Å². The molecule has 0 unspecified atom stereocenters. The molecule has 28 heavy (non-hydrogen) atoms. The van der Waals surface area contributed by atoms with Crippen LogP contribution < -0.4 is 9.80 Å². The molecule has 2 aromatic rings. The number of nitrogens with zero attached hydrogens (tertiary/aromatic N) is 3. The van der Waals surface area contributed by atoms with E-state index in [9.17, 15) is 13.2 Å². The van der Waals surface area contributed by atoms with Gasteiger partial charge in [-0.05, 0) is 60.9 Å². The lowest BCUT2D eigenvalue weighted by Gasteiger charge is -2.35. The molecule has 2 heterocycles. The summed E-state index contributed by atoms with van der Waals surface area (Å²) in [4.78, 5) is 16.1. The van der Waals surface area contributed by atoms with Gasteiger partial charge in [-0.25, -0.2) is 8.42 Å². The van der Waals surface area contributed by atoms with Crippen LogP contribution in [0.1, 0.15) is 16.7 Å². The first-order chi connectivity index (χ1) is 13.3. The zero-order valence-corrected chi connectivity index (χ0v) is 17.3. The third-order valence-corrected chi connectivity index (χ3v) is 7.75. The number of amides is 1. The number of fused-ring (bicyclic) bond motifs is 1. The van der Waals surface area contributed by atoms with Crippen LogP contribution in [0.3, 0.4) is 0 Å². The molecule has 0 saturated carbocycles. The molecular formula is C21H25N3O3S. The molecule has 0 aromatic heterocycles. The van der Waals surface area contributed by atoms with Gasteiger partial charge in [-0.1, -0.05) is 6.07 Å². The molecule has 0 atom stereocenters. The van der Waals surface area contributed by atoms with Crippen LogP contribution in [0, 0.1) is 13.8 Å². The van der Waals surface area contributed by atoms with Crippen molar-refractivity contribution in [1.29, 1.82) is 0 Å². The van der Waals surface area contributed by atoms with Gasteiger partial charge in [0.05, 0.1) is 11.3 Å². The number of piperazine rings is 1. The van der Waals surface area contributed by atoms with E-state index in [1.54, 1.807) is 28.4 Å². The molecule has 1 amide bonds. The van der Waals surface area contributed by atoms with Crippen LogP contribution in [0.25, 0.3) is 0 Å². The monoisotopic (exact) mass is 399 g/mol. The highest BCUT2D eigenvalue weighted by atomic mass is 32.2. The normalized spacial score (nSPS) is 17.9. The molecule has 0 spiro atoms. The van der Waals surface area contributed by atoms with Crippen LogP contribution in [0.5, 0.6) is 0 Å². The van der Waals surface area contributed by atoms with Gasteiger partial charge < -0.3 is 9.80 Å². The lowest BCUT2D eigenvalue weighted by molar-refractivity contribution is -0.117. The van der Waals surface area contributed by atoms with Crippen molar-refractivity contribution in [3.63, 3.8) is 0 Å². The molecule has 2 aromatic carbocycles. The first kappa shape index (κ1) is 19.0. The number of sulfonamides is 1. The smallest absolute Gasteiger partial charge is 0.243 e. The van der Waals surface area contributed by atoms with Crippen LogP contribution in [-0.2, 0) is 21.2 Å². The molecule has 4 rings (SSSR count). The minimum Gasteiger partial charge on any atom is -0.369 e. The average molecular weight is 400 g/mol. The minimum absolute atomic E-state index is 0.108. The lowest BCUT2D eigenvalue weighted by Crippen LogP contribution is -2.48. The van der Waals surface area contributed by atoms with E-state index in [4.69, 9.17) is 0 Å². The number of likely N-dealkylation sites (N-methyl/N-ethyl adjacent to an activating group) is 1. The van der Waals surface area contributed by atoms with Gasteiger partial charge in [0.15, 0.2) is 0 Å². The molecular weight excluding hydrogens is 374 g/mol. The van der Waals surface area contributed by atoms with Crippen molar-refractivity contribution in [2.24, 2.45) is 0 Å². The standard InChI is InChI=1S/C21H25N3O3S/c1-15-4-6-19(12-16(15)2)28(26,27)24-10-8-23(9-11-24)18-5-7-20-17(13-18)14-21(25)22(20)3/h4-7,12-13H,8-11,14H2,1-3H3. The van der Waals surface area contributed by atoms with Gasteiger partial charge in [0.2, 0.25) is 15.9 Å². The van der Waals surface area contributed by atoms with Gasteiger partial charge >= 0.3 is 0 Å². The molecule has 148 valence electrons. The van der Waals surface area contributed by atoms with E-state index >= 15 is 0 Å². The zero-order valence-electron chi connectivity index (χ0n) is 16.5. The highest BCUT2D eigenvalue weighted by Crippen LogP contribution is 2.32. The Balaban J connectivity index is 1.48. The summed E-state index contributed by atoms with van der Waals surface area (Å²) in [5.41, 5.74) is 5.12. The van der Waals surface area contributed by atoms with Crippen molar-refractivity contribution in [3.8, 4) is 0 Å². The van der Waals surface area contributed by atoms with E-state index in [2.05, 4.69) is 11.0 Å². The predicted octanol–water partition coefficient (Wildman–Crippen LogP) is 2.33. The fraction of sp³-hybridized carbons (Fsp3) is 0.381. The second kappa shape index (κ2) is 6.90. The summed E-state index contributed by atoms with van der Waals surface area (Å²) in [5, 5.41) is 0. The third kappa shape index (κ3) is 3.18. The van der Waals surface area contributed by atoms with Crippen LogP contribution >= 0.6 is 0 Å². The fourth-order valence-electron chi connectivity index (χ4n) is 3.86.